The first-order valence-electron chi connectivity index (χ1n) is 7.03. The number of carboxylic acids is 1. The van der Waals surface area contributed by atoms with Gasteiger partial charge in [0.15, 0.2) is 0 Å². The quantitative estimate of drug-likeness (QED) is 0.673. The van der Waals surface area contributed by atoms with Gasteiger partial charge in [-0.3, -0.25) is 4.79 Å². The number of aliphatic carboxylic acids is 1. The Balaban J connectivity index is 2.45. The molecule has 1 aromatic rings. The number of carboxylic acid groups (broad SMARTS) is 1. The monoisotopic (exact) mass is 264 g/mol. The van der Waals surface area contributed by atoms with Crippen molar-refractivity contribution >= 4 is 5.97 Å². The molecule has 0 aliphatic heterocycles. The summed E-state index contributed by atoms with van der Waals surface area (Å²) in [5.74, 6) is -0.999. The number of aliphatic hydroxyl groups is 1. The van der Waals surface area contributed by atoms with Crippen molar-refractivity contribution in [2.45, 2.75) is 45.4 Å². The summed E-state index contributed by atoms with van der Waals surface area (Å²) in [5.41, 5.74) is 2.29. The maximum Gasteiger partial charge on any atom is 0.306 e. The van der Waals surface area contributed by atoms with Gasteiger partial charge in [0.1, 0.15) is 0 Å². The molecule has 106 valence electrons. The third kappa shape index (κ3) is 5.88. The molecule has 19 heavy (non-hydrogen) atoms. The molecule has 0 aliphatic rings. The fourth-order valence-electron chi connectivity index (χ4n) is 2.27. The van der Waals surface area contributed by atoms with Crippen molar-refractivity contribution in [1.29, 1.82) is 0 Å². The molecule has 1 atom stereocenters. The Morgan fingerprint density at radius 2 is 1.84 bits per heavy atom. The molecule has 3 nitrogen and oxygen atoms in total. The minimum atomic E-state index is -0.703. The number of aryl methyl sites for hydroxylation is 1. The highest BCUT2D eigenvalue weighted by Crippen LogP contribution is 2.19. The number of benzene rings is 1. The van der Waals surface area contributed by atoms with Crippen LogP contribution in [-0.4, -0.2) is 22.8 Å². The second-order valence-electron chi connectivity index (χ2n) is 5.09. The van der Waals surface area contributed by atoms with Gasteiger partial charge in [-0.2, -0.15) is 0 Å². The fraction of sp³-hybridized carbons (Fsp3) is 0.562. The third-order valence-corrected chi connectivity index (χ3v) is 3.54. The number of unbranched alkanes of at least 4 members (excludes halogenated alkanes) is 3. The second kappa shape index (κ2) is 8.70. The lowest BCUT2D eigenvalue weighted by Crippen LogP contribution is -2.17. The van der Waals surface area contributed by atoms with Gasteiger partial charge in [-0.05, 0) is 37.3 Å². The van der Waals surface area contributed by atoms with E-state index < -0.39 is 5.97 Å². The van der Waals surface area contributed by atoms with Gasteiger partial charge in [0.05, 0.1) is 5.92 Å². The van der Waals surface area contributed by atoms with E-state index in [0.29, 0.717) is 6.42 Å². The van der Waals surface area contributed by atoms with Gasteiger partial charge in [0.25, 0.3) is 0 Å². The van der Waals surface area contributed by atoms with Crippen molar-refractivity contribution in [1.82, 2.24) is 0 Å². The van der Waals surface area contributed by atoms with Crippen LogP contribution in [0.4, 0.5) is 0 Å². The summed E-state index contributed by atoms with van der Waals surface area (Å²) >= 11 is 0. The summed E-state index contributed by atoms with van der Waals surface area (Å²) in [4.78, 5) is 11.3. The number of rotatable bonds is 9. The average Bonchev–Trinajstić information content (AvgIpc) is 2.39. The predicted molar refractivity (Wildman–Crippen MR) is 76.2 cm³/mol. The van der Waals surface area contributed by atoms with Gasteiger partial charge in [0, 0.05) is 6.61 Å². The standard InChI is InChI=1S/C16H24O3/c1-13-8-5-6-9-14(13)12-15(16(18)19)10-4-2-3-7-11-17/h5-6,8-9,15,17H,2-4,7,10-12H2,1H3,(H,18,19). The molecule has 0 amide bonds. The van der Waals surface area contributed by atoms with Crippen molar-refractivity contribution in [3.63, 3.8) is 0 Å². The normalized spacial score (nSPS) is 12.3. The zero-order valence-corrected chi connectivity index (χ0v) is 11.6. The van der Waals surface area contributed by atoms with E-state index in [1.165, 1.54) is 0 Å². The van der Waals surface area contributed by atoms with Crippen LogP contribution >= 0.6 is 0 Å². The summed E-state index contributed by atoms with van der Waals surface area (Å²) in [5, 5.41) is 18.0. The van der Waals surface area contributed by atoms with Crippen LogP contribution in [0, 0.1) is 12.8 Å². The van der Waals surface area contributed by atoms with Crippen molar-refractivity contribution in [3.05, 3.63) is 35.4 Å². The molecule has 3 heteroatoms. The molecule has 0 aromatic heterocycles. The van der Waals surface area contributed by atoms with Crippen LogP contribution in [0.25, 0.3) is 0 Å². The molecule has 0 radical (unpaired) electrons. The van der Waals surface area contributed by atoms with Crippen molar-refractivity contribution in [2.75, 3.05) is 6.61 Å². The number of aliphatic hydroxyl groups excluding tert-OH is 1. The largest absolute Gasteiger partial charge is 0.481 e. The Morgan fingerprint density at radius 3 is 2.47 bits per heavy atom. The van der Waals surface area contributed by atoms with Crippen LogP contribution in [0.1, 0.15) is 43.2 Å². The Labute approximate surface area is 115 Å². The van der Waals surface area contributed by atoms with E-state index in [1.807, 2.05) is 31.2 Å². The molecule has 0 bridgehead atoms. The molecule has 1 aromatic carbocycles. The summed E-state index contributed by atoms with van der Waals surface area (Å²) in [6, 6.07) is 7.97. The molecule has 1 unspecified atom stereocenters. The molecule has 0 fully saturated rings. The fourth-order valence-corrected chi connectivity index (χ4v) is 2.27. The minimum absolute atomic E-state index is 0.228. The lowest BCUT2D eigenvalue weighted by Gasteiger charge is -2.13. The Morgan fingerprint density at radius 1 is 1.16 bits per heavy atom. The highest BCUT2D eigenvalue weighted by atomic mass is 16.4. The zero-order chi connectivity index (χ0) is 14.1. The Bertz CT molecular complexity index is 387. The third-order valence-electron chi connectivity index (χ3n) is 3.54. The van der Waals surface area contributed by atoms with Crippen LogP contribution in [0.3, 0.4) is 0 Å². The van der Waals surface area contributed by atoms with Crippen LogP contribution in [-0.2, 0) is 11.2 Å². The molecule has 0 saturated heterocycles. The first-order chi connectivity index (χ1) is 9.15. The van der Waals surface area contributed by atoms with Gasteiger partial charge in [-0.1, -0.05) is 43.5 Å². The van der Waals surface area contributed by atoms with E-state index in [2.05, 4.69) is 0 Å². The van der Waals surface area contributed by atoms with Gasteiger partial charge in [0.2, 0.25) is 0 Å². The molecule has 0 spiro atoms. The van der Waals surface area contributed by atoms with Gasteiger partial charge >= 0.3 is 5.97 Å². The van der Waals surface area contributed by atoms with E-state index >= 15 is 0 Å². The summed E-state index contributed by atoms with van der Waals surface area (Å²) in [6.07, 6.45) is 5.04. The van der Waals surface area contributed by atoms with E-state index in [9.17, 15) is 9.90 Å². The smallest absolute Gasteiger partial charge is 0.306 e. The van der Waals surface area contributed by atoms with E-state index in [1.54, 1.807) is 0 Å². The summed E-state index contributed by atoms with van der Waals surface area (Å²) in [7, 11) is 0. The SMILES string of the molecule is Cc1ccccc1CC(CCCCCCO)C(=O)O. The maximum absolute atomic E-state index is 11.3. The first-order valence-corrected chi connectivity index (χ1v) is 7.03. The predicted octanol–water partition coefficient (Wildman–Crippen LogP) is 3.18. The lowest BCUT2D eigenvalue weighted by molar-refractivity contribution is -0.142. The minimum Gasteiger partial charge on any atom is -0.481 e. The highest BCUT2D eigenvalue weighted by molar-refractivity contribution is 5.70. The molecule has 0 heterocycles. The molecular formula is C16H24O3. The molecule has 2 N–H and O–H groups in total. The lowest BCUT2D eigenvalue weighted by atomic mass is 9.92. The van der Waals surface area contributed by atoms with Crippen LogP contribution < -0.4 is 0 Å². The second-order valence-corrected chi connectivity index (χ2v) is 5.09. The van der Waals surface area contributed by atoms with Crippen LogP contribution in [0.15, 0.2) is 24.3 Å². The zero-order valence-electron chi connectivity index (χ0n) is 11.6. The van der Waals surface area contributed by atoms with Gasteiger partial charge in [-0.25, -0.2) is 0 Å². The molecule has 0 aliphatic carbocycles. The Hall–Kier alpha value is -1.35. The summed E-state index contributed by atoms with van der Waals surface area (Å²) < 4.78 is 0. The molecular weight excluding hydrogens is 240 g/mol. The highest BCUT2D eigenvalue weighted by Gasteiger charge is 2.18. The maximum atomic E-state index is 11.3. The van der Waals surface area contributed by atoms with Crippen LogP contribution in [0.2, 0.25) is 0 Å². The molecule has 1 rings (SSSR count). The van der Waals surface area contributed by atoms with Crippen molar-refractivity contribution in [2.24, 2.45) is 5.92 Å². The van der Waals surface area contributed by atoms with Gasteiger partial charge in [-0.15, -0.1) is 0 Å². The van der Waals surface area contributed by atoms with Crippen LogP contribution in [0.5, 0.6) is 0 Å². The number of hydrogen-bond acceptors (Lipinski definition) is 2. The van der Waals surface area contributed by atoms with Crippen molar-refractivity contribution < 1.29 is 15.0 Å². The first kappa shape index (κ1) is 15.7. The van der Waals surface area contributed by atoms with E-state index in [0.717, 1.165) is 43.2 Å². The van der Waals surface area contributed by atoms with Gasteiger partial charge < -0.3 is 10.2 Å². The topological polar surface area (TPSA) is 57.5 Å². The Kier molecular flexibility index (Phi) is 7.19. The van der Waals surface area contributed by atoms with E-state index in [4.69, 9.17) is 5.11 Å². The number of carbonyl (C=O) groups is 1. The van der Waals surface area contributed by atoms with Crippen molar-refractivity contribution in [3.8, 4) is 0 Å². The average molecular weight is 264 g/mol. The van der Waals surface area contributed by atoms with E-state index in [-0.39, 0.29) is 12.5 Å². The number of hydrogen-bond donors (Lipinski definition) is 2. The molecule has 0 saturated carbocycles. The summed E-state index contributed by atoms with van der Waals surface area (Å²) in [6.45, 7) is 2.25.